The lowest BCUT2D eigenvalue weighted by molar-refractivity contribution is -0.137. The van der Waals surface area contributed by atoms with Gasteiger partial charge in [0.25, 0.3) is 0 Å². The highest BCUT2D eigenvalue weighted by Gasteiger charge is 2.34. The Bertz CT molecular complexity index is 673. The van der Waals surface area contributed by atoms with Crippen molar-refractivity contribution in [1.82, 2.24) is 14.9 Å². The van der Waals surface area contributed by atoms with E-state index in [1.807, 2.05) is 0 Å². The molecule has 2 aromatic rings. The molecule has 0 aliphatic rings. The van der Waals surface area contributed by atoms with Crippen LogP contribution in [0.15, 0.2) is 35.7 Å². The Hall–Kier alpha value is -2.23. The maximum absolute atomic E-state index is 12.9. The summed E-state index contributed by atoms with van der Waals surface area (Å²) in [5.41, 5.74) is -1.19. The second-order valence-corrected chi connectivity index (χ2v) is 5.62. The smallest absolute Gasteiger partial charge is 0.336 e. The van der Waals surface area contributed by atoms with Crippen LogP contribution in [-0.2, 0) is 11.0 Å². The first-order valence-electron chi connectivity index (χ1n) is 6.08. The van der Waals surface area contributed by atoms with Crippen LogP contribution in [-0.4, -0.2) is 26.0 Å². The summed E-state index contributed by atoms with van der Waals surface area (Å²) in [5, 5.41) is 9.10. The van der Waals surface area contributed by atoms with E-state index in [0.29, 0.717) is 0 Å². The first-order chi connectivity index (χ1) is 10.3. The molecule has 0 radical (unpaired) electrons. The number of nitrogen functional groups attached to an aromatic ring is 1. The maximum Gasteiger partial charge on any atom is 0.418 e. The molecular weight excluding hydrogens is 319 g/mol. The summed E-state index contributed by atoms with van der Waals surface area (Å²) in [5.74, 6) is 4.92. The van der Waals surface area contributed by atoms with E-state index in [4.69, 9.17) is 5.84 Å². The van der Waals surface area contributed by atoms with Gasteiger partial charge in [0.1, 0.15) is 6.33 Å². The molecule has 6 nitrogen and oxygen atoms in total. The van der Waals surface area contributed by atoms with Gasteiger partial charge in [-0.15, -0.1) is 10.2 Å². The van der Waals surface area contributed by atoms with Gasteiger partial charge in [0.15, 0.2) is 0 Å². The number of nitrogens with zero attached hydrogens (tertiary/aromatic N) is 3. The Morgan fingerprint density at radius 3 is 2.68 bits per heavy atom. The van der Waals surface area contributed by atoms with Gasteiger partial charge in [0.2, 0.25) is 11.1 Å². The summed E-state index contributed by atoms with van der Waals surface area (Å²) in [4.78, 5) is 12.0. The SMILES string of the molecule is C[C@@H](Sc1nncn1N)C(=O)Nc1ccccc1C(F)(F)F. The Morgan fingerprint density at radius 2 is 2.09 bits per heavy atom. The standard InChI is InChI=1S/C12H12F3N5OS/c1-7(22-11-19-17-6-20(11)16)10(21)18-9-5-3-2-4-8(9)12(13,14)15/h2-7H,16H2,1H3,(H,18,21)/t7-/m1/s1. The lowest BCUT2D eigenvalue weighted by atomic mass is 10.1. The predicted octanol–water partition coefficient (Wildman–Crippen LogP) is 2.13. The Morgan fingerprint density at radius 1 is 1.41 bits per heavy atom. The molecule has 1 aromatic heterocycles. The van der Waals surface area contributed by atoms with Gasteiger partial charge < -0.3 is 11.2 Å². The van der Waals surface area contributed by atoms with Crippen molar-refractivity contribution in [3.8, 4) is 0 Å². The molecule has 0 saturated carbocycles. The van der Waals surface area contributed by atoms with Crippen molar-refractivity contribution in [3.05, 3.63) is 36.2 Å². The number of nitrogens with two attached hydrogens (primary N) is 1. The number of hydrogen-bond acceptors (Lipinski definition) is 5. The van der Waals surface area contributed by atoms with E-state index >= 15 is 0 Å². The average Bonchev–Trinajstić information content (AvgIpc) is 2.83. The molecule has 0 fully saturated rings. The minimum Gasteiger partial charge on any atom is -0.336 e. The highest BCUT2D eigenvalue weighted by Crippen LogP contribution is 2.34. The molecule has 1 heterocycles. The first kappa shape index (κ1) is 16.1. The zero-order valence-electron chi connectivity index (χ0n) is 11.3. The number of benzene rings is 1. The number of para-hydroxylation sites is 1. The minimum atomic E-state index is -4.54. The molecule has 0 spiro atoms. The number of halogens is 3. The van der Waals surface area contributed by atoms with Crippen LogP contribution >= 0.6 is 11.8 Å². The lowest BCUT2D eigenvalue weighted by Gasteiger charge is -2.15. The molecule has 1 amide bonds. The molecule has 0 aliphatic heterocycles. The van der Waals surface area contributed by atoms with Gasteiger partial charge in [-0.2, -0.15) is 13.2 Å². The molecule has 22 heavy (non-hydrogen) atoms. The van der Waals surface area contributed by atoms with Crippen LogP contribution in [0.3, 0.4) is 0 Å². The van der Waals surface area contributed by atoms with Crippen LogP contribution in [0.25, 0.3) is 0 Å². The van der Waals surface area contributed by atoms with E-state index in [-0.39, 0.29) is 10.8 Å². The van der Waals surface area contributed by atoms with Gasteiger partial charge >= 0.3 is 6.18 Å². The topological polar surface area (TPSA) is 85.8 Å². The number of carbonyl (C=O) groups excluding carboxylic acids is 1. The normalized spacial score (nSPS) is 12.9. The lowest BCUT2D eigenvalue weighted by Crippen LogP contribution is -2.25. The third-order valence-electron chi connectivity index (χ3n) is 2.68. The fraction of sp³-hybridized carbons (Fsp3) is 0.250. The fourth-order valence-corrected chi connectivity index (χ4v) is 2.35. The highest BCUT2D eigenvalue weighted by molar-refractivity contribution is 8.00. The largest absolute Gasteiger partial charge is 0.418 e. The summed E-state index contributed by atoms with van der Waals surface area (Å²) in [6.45, 7) is 1.53. The molecular formula is C12H12F3N5OS. The van der Waals surface area contributed by atoms with Crippen LogP contribution in [0.4, 0.5) is 18.9 Å². The third-order valence-corrected chi connectivity index (χ3v) is 3.75. The zero-order valence-corrected chi connectivity index (χ0v) is 12.1. The molecule has 1 aromatic carbocycles. The number of aromatic nitrogens is 3. The molecule has 10 heteroatoms. The average molecular weight is 331 g/mol. The fourth-order valence-electron chi connectivity index (χ4n) is 1.60. The Balaban J connectivity index is 2.11. The first-order valence-corrected chi connectivity index (χ1v) is 6.96. The van der Waals surface area contributed by atoms with Gasteiger partial charge in [-0.3, -0.25) is 4.79 Å². The summed E-state index contributed by atoms with van der Waals surface area (Å²) in [6.07, 6.45) is -3.29. The zero-order chi connectivity index (χ0) is 16.3. The van der Waals surface area contributed by atoms with Gasteiger partial charge in [0.05, 0.1) is 16.5 Å². The number of anilines is 1. The van der Waals surface area contributed by atoms with Crippen molar-refractivity contribution < 1.29 is 18.0 Å². The van der Waals surface area contributed by atoms with Gasteiger partial charge in [-0.05, 0) is 19.1 Å². The number of rotatable bonds is 4. The van der Waals surface area contributed by atoms with Crippen molar-refractivity contribution in [2.24, 2.45) is 0 Å². The van der Waals surface area contributed by atoms with Crippen LogP contribution in [0.5, 0.6) is 0 Å². The molecule has 2 rings (SSSR count). The predicted molar refractivity (Wildman–Crippen MR) is 75.6 cm³/mol. The summed E-state index contributed by atoms with van der Waals surface area (Å²) in [6, 6.07) is 4.78. The number of thioether (sulfide) groups is 1. The molecule has 0 bridgehead atoms. The van der Waals surface area contributed by atoms with Crippen LogP contribution in [0, 0.1) is 0 Å². The van der Waals surface area contributed by atoms with E-state index < -0.39 is 22.9 Å². The van der Waals surface area contributed by atoms with Crippen molar-refractivity contribution in [3.63, 3.8) is 0 Å². The summed E-state index contributed by atoms with van der Waals surface area (Å²) in [7, 11) is 0. The van der Waals surface area contributed by atoms with E-state index in [9.17, 15) is 18.0 Å². The van der Waals surface area contributed by atoms with Crippen molar-refractivity contribution in [1.29, 1.82) is 0 Å². The molecule has 0 aliphatic carbocycles. The Labute approximate surface area is 127 Å². The second kappa shape index (κ2) is 6.26. The molecule has 1 atom stereocenters. The highest BCUT2D eigenvalue weighted by atomic mass is 32.2. The minimum absolute atomic E-state index is 0.284. The number of amides is 1. The van der Waals surface area contributed by atoms with Gasteiger partial charge in [-0.25, -0.2) is 4.68 Å². The Kier molecular flexibility index (Phi) is 4.59. The van der Waals surface area contributed by atoms with E-state index in [0.717, 1.165) is 22.5 Å². The second-order valence-electron chi connectivity index (χ2n) is 4.31. The number of hydrogen-bond donors (Lipinski definition) is 2. The molecule has 3 N–H and O–H groups in total. The van der Waals surface area contributed by atoms with E-state index in [1.165, 1.54) is 31.5 Å². The van der Waals surface area contributed by atoms with Crippen LogP contribution in [0.1, 0.15) is 12.5 Å². The number of alkyl halides is 3. The molecule has 0 saturated heterocycles. The van der Waals surface area contributed by atoms with Crippen molar-refractivity contribution in [2.45, 2.75) is 23.5 Å². The number of nitrogens with one attached hydrogen (secondary N) is 1. The van der Waals surface area contributed by atoms with Crippen molar-refractivity contribution >= 4 is 23.4 Å². The van der Waals surface area contributed by atoms with Gasteiger partial charge in [0, 0.05) is 0 Å². The number of carbonyl (C=O) groups is 1. The maximum atomic E-state index is 12.9. The quantitative estimate of drug-likeness (QED) is 0.662. The monoisotopic (exact) mass is 331 g/mol. The molecule has 118 valence electrons. The summed E-state index contributed by atoms with van der Waals surface area (Å²) >= 11 is 0.989. The summed E-state index contributed by atoms with van der Waals surface area (Å²) < 4.78 is 39.7. The van der Waals surface area contributed by atoms with E-state index in [2.05, 4.69) is 15.5 Å². The van der Waals surface area contributed by atoms with Gasteiger partial charge in [-0.1, -0.05) is 23.9 Å². The molecule has 0 unspecified atom stereocenters. The van der Waals surface area contributed by atoms with Crippen LogP contribution < -0.4 is 11.2 Å². The van der Waals surface area contributed by atoms with E-state index in [1.54, 1.807) is 0 Å². The van der Waals surface area contributed by atoms with Crippen LogP contribution in [0.2, 0.25) is 0 Å². The third kappa shape index (κ3) is 3.70. The van der Waals surface area contributed by atoms with Crippen molar-refractivity contribution in [2.75, 3.05) is 11.2 Å².